The van der Waals surface area contributed by atoms with E-state index in [9.17, 15) is 4.79 Å². The summed E-state index contributed by atoms with van der Waals surface area (Å²) in [5, 5.41) is 4.04. The first-order valence-corrected chi connectivity index (χ1v) is 9.76. The van der Waals surface area contributed by atoms with E-state index >= 15 is 0 Å². The highest BCUT2D eigenvalue weighted by molar-refractivity contribution is 5.80. The molecule has 0 amide bonds. The van der Waals surface area contributed by atoms with Gasteiger partial charge in [-0.1, -0.05) is 41.6 Å². The Bertz CT molecular complexity index is 993. The van der Waals surface area contributed by atoms with Gasteiger partial charge in [0.05, 0.1) is 24.5 Å². The van der Waals surface area contributed by atoms with Gasteiger partial charge in [-0.25, -0.2) is 4.79 Å². The van der Waals surface area contributed by atoms with Crippen LogP contribution in [-0.4, -0.2) is 30.4 Å². The number of carbonyl (C=O) groups is 1. The number of esters is 1. The third-order valence-electron chi connectivity index (χ3n) is 5.04. The smallest absolute Gasteiger partial charge is 0.349 e. The van der Waals surface area contributed by atoms with Gasteiger partial charge in [-0.15, -0.1) is 0 Å². The molecule has 0 spiro atoms. The van der Waals surface area contributed by atoms with Crippen LogP contribution >= 0.6 is 0 Å². The van der Waals surface area contributed by atoms with E-state index < -0.39 is 6.10 Å². The van der Waals surface area contributed by atoms with E-state index in [1.54, 1.807) is 6.92 Å². The third-order valence-corrected chi connectivity index (χ3v) is 5.04. The normalized spacial score (nSPS) is 15.6. The fourth-order valence-corrected chi connectivity index (χ4v) is 3.72. The molecule has 0 saturated carbocycles. The zero-order valence-electron chi connectivity index (χ0n) is 16.8. The molecule has 0 fully saturated rings. The van der Waals surface area contributed by atoms with Gasteiger partial charge in [-0.05, 0) is 44.0 Å². The van der Waals surface area contributed by atoms with Crippen molar-refractivity contribution in [2.75, 3.05) is 18.1 Å². The molecular weight excluding hydrogens is 368 g/mol. The molecule has 0 N–H and O–H groups in total. The van der Waals surface area contributed by atoms with Crippen molar-refractivity contribution in [1.29, 1.82) is 0 Å². The topological polar surface area (TPSA) is 64.8 Å². The fraction of sp³-hybridized carbons (Fsp3) is 0.304. The number of benzene rings is 2. The van der Waals surface area contributed by atoms with Crippen molar-refractivity contribution in [3.05, 3.63) is 65.5 Å². The second-order valence-electron chi connectivity index (χ2n) is 7.11. The summed E-state index contributed by atoms with van der Waals surface area (Å²) in [5.74, 6) is 1.06. The molecule has 1 aliphatic heterocycles. The number of anilines is 1. The molecule has 6 heteroatoms. The molecule has 1 aromatic heterocycles. The summed E-state index contributed by atoms with van der Waals surface area (Å²) >= 11 is 0. The maximum absolute atomic E-state index is 12.4. The van der Waals surface area contributed by atoms with E-state index in [4.69, 9.17) is 14.0 Å². The lowest BCUT2D eigenvalue weighted by atomic mass is 10.0. The predicted octanol–water partition coefficient (Wildman–Crippen LogP) is 4.29. The zero-order chi connectivity index (χ0) is 20.4. The highest BCUT2D eigenvalue weighted by atomic mass is 16.6. The molecule has 0 aliphatic carbocycles. The monoisotopic (exact) mass is 392 g/mol. The van der Waals surface area contributed by atoms with E-state index in [1.165, 1.54) is 0 Å². The minimum atomic E-state index is -0.675. The molecule has 3 aromatic rings. The van der Waals surface area contributed by atoms with Gasteiger partial charge in [0.1, 0.15) is 11.5 Å². The molecule has 150 valence electrons. The Kier molecular flexibility index (Phi) is 5.25. The van der Waals surface area contributed by atoms with Crippen LogP contribution in [0.5, 0.6) is 5.75 Å². The Morgan fingerprint density at radius 1 is 1.21 bits per heavy atom. The van der Waals surface area contributed by atoms with Gasteiger partial charge in [0.25, 0.3) is 0 Å². The second-order valence-corrected chi connectivity index (χ2v) is 7.11. The molecule has 1 unspecified atom stereocenters. The van der Waals surface area contributed by atoms with Gasteiger partial charge < -0.3 is 18.9 Å². The fourth-order valence-electron chi connectivity index (χ4n) is 3.72. The van der Waals surface area contributed by atoms with Crippen molar-refractivity contribution in [1.82, 2.24) is 5.16 Å². The number of fused-ring (bicyclic) bond motifs is 1. The Morgan fingerprint density at radius 2 is 2.00 bits per heavy atom. The zero-order valence-corrected chi connectivity index (χ0v) is 16.8. The quantitative estimate of drug-likeness (QED) is 0.604. The van der Waals surface area contributed by atoms with Crippen LogP contribution in [0.15, 0.2) is 53.1 Å². The van der Waals surface area contributed by atoms with Crippen LogP contribution in [0.3, 0.4) is 0 Å². The summed E-state index contributed by atoms with van der Waals surface area (Å²) in [4.78, 5) is 14.6. The Labute approximate surface area is 170 Å². The van der Waals surface area contributed by atoms with Gasteiger partial charge >= 0.3 is 5.97 Å². The van der Waals surface area contributed by atoms with Crippen molar-refractivity contribution < 1.29 is 18.8 Å². The number of aromatic nitrogens is 1. The number of hydrogen-bond donors (Lipinski definition) is 0. The summed E-state index contributed by atoms with van der Waals surface area (Å²) in [6.07, 6.45) is -0.675. The first kappa shape index (κ1) is 19.1. The molecule has 0 bridgehead atoms. The average Bonchev–Trinajstić information content (AvgIpc) is 3.06. The Balaban J connectivity index is 1.72. The van der Waals surface area contributed by atoms with Gasteiger partial charge in [0.15, 0.2) is 0 Å². The highest BCUT2D eigenvalue weighted by Crippen LogP contribution is 2.39. The lowest BCUT2D eigenvalue weighted by Crippen LogP contribution is -2.45. The van der Waals surface area contributed by atoms with Crippen LogP contribution in [0.4, 0.5) is 5.69 Å². The minimum absolute atomic E-state index is 0.323. The van der Waals surface area contributed by atoms with Gasteiger partial charge in [-0.3, -0.25) is 0 Å². The molecule has 2 aromatic carbocycles. The standard InChI is InChI=1S/C23H24N2O4/c1-4-27-23(26)21-14-25(13-17-8-6-5-7-9-17)19-11-10-18(12-20(19)28-21)22-15(2)24-29-16(22)3/h5-12,21H,4,13-14H2,1-3H3. The number of carbonyl (C=O) groups excluding carboxylic acids is 1. The summed E-state index contributed by atoms with van der Waals surface area (Å²) in [6, 6.07) is 16.2. The lowest BCUT2D eigenvalue weighted by Gasteiger charge is -2.35. The van der Waals surface area contributed by atoms with Gasteiger partial charge in [-0.2, -0.15) is 0 Å². The number of nitrogens with zero attached hydrogens (tertiary/aromatic N) is 2. The van der Waals surface area contributed by atoms with Crippen molar-refractivity contribution in [2.45, 2.75) is 33.4 Å². The summed E-state index contributed by atoms with van der Waals surface area (Å²) in [7, 11) is 0. The largest absolute Gasteiger partial charge is 0.475 e. The first-order valence-electron chi connectivity index (χ1n) is 9.76. The second kappa shape index (κ2) is 7.99. The first-order chi connectivity index (χ1) is 14.1. The lowest BCUT2D eigenvalue weighted by molar-refractivity contribution is -0.151. The van der Waals surface area contributed by atoms with E-state index in [0.717, 1.165) is 33.8 Å². The third kappa shape index (κ3) is 3.83. The molecule has 2 heterocycles. The van der Waals surface area contributed by atoms with Crippen molar-refractivity contribution in [3.63, 3.8) is 0 Å². The number of ether oxygens (including phenoxy) is 2. The average molecular weight is 392 g/mol. The molecule has 29 heavy (non-hydrogen) atoms. The van der Waals surface area contributed by atoms with Gasteiger partial charge in [0.2, 0.25) is 6.10 Å². The molecular formula is C23H24N2O4. The summed E-state index contributed by atoms with van der Waals surface area (Å²) in [6.45, 7) is 7.03. The number of aryl methyl sites for hydroxylation is 2. The minimum Gasteiger partial charge on any atom is -0.475 e. The maximum Gasteiger partial charge on any atom is 0.349 e. The summed E-state index contributed by atoms with van der Waals surface area (Å²) in [5.41, 5.74) is 4.83. The maximum atomic E-state index is 12.4. The van der Waals surface area contributed by atoms with Crippen LogP contribution < -0.4 is 9.64 Å². The Morgan fingerprint density at radius 3 is 2.69 bits per heavy atom. The van der Waals surface area contributed by atoms with Crippen molar-refractivity contribution >= 4 is 11.7 Å². The van der Waals surface area contributed by atoms with Crippen molar-refractivity contribution in [2.24, 2.45) is 0 Å². The van der Waals surface area contributed by atoms with E-state index in [-0.39, 0.29) is 5.97 Å². The molecule has 1 aliphatic rings. The molecule has 4 rings (SSSR count). The van der Waals surface area contributed by atoms with Gasteiger partial charge in [0, 0.05) is 12.1 Å². The van der Waals surface area contributed by atoms with Crippen LogP contribution in [0.25, 0.3) is 11.1 Å². The molecule has 1 atom stereocenters. The predicted molar refractivity (Wildman–Crippen MR) is 110 cm³/mol. The molecule has 6 nitrogen and oxygen atoms in total. The van der Waals surface area contributed by atoms with E-state index in [1.807, 2.05) is 50.2 Å². The summed E-state index contributed by atoms with van der Waals surface area (Å²) < 4.78 is 16.6. The van der Waals surface area contributed by atoms with Crippen LogP contribution in [-0.2, 0) is 16.1 Å². The van der Waals surface area contributed by atoms with Crippen LogP contribution in [0.1, 0.15) is 23.9 Å². The van der Waals surface area contributed by atoms with E-state index in [2.05, 4.69) is 22.2 Å². The molecule has 0 saturated heterocycles. The number of rotatable bonds is 5. The number of hydrogen-bond acceptors (Lipinski definition) is 6. The van der Waals surface area contributed by atoms with Crippen LogP contribution in [0.2, 0.25) is 0 Å². The van der Waals surface area contributed by atoms with Crippen molar-refractivity contribution in [3.8, 4) is 16.9 Å². The van der Waals surface area contributed by atoms with E-state index in [0.29, 0.717) is 25.4 Å². The molecule has 0 radical (unpaired) electrons. The highest BCUT2D eigenvalue weighted by Gasteiger charge is 2.32. The van der Waals surface area contributed by atoms with Crippen LogP contribution in [0, 0.1) is 13.8 Å². The SMILES string of the molecule is CCOC(=O)C1CN(Cc2ccccc2)c2ccc(-c3c(C)noc3C)cc2O1. The Hall–Kier alpha value is -3.28.